The average molecular weight is 385 g/mol. The van der Waals surface area contributed by atoms with Gasteiger partial charge in [-0.25, -0.2) is 8.42 Å². The third-order valence-electron chi connectivity index (χ3n) is 5.66. The van der Waals surface area contributed by atoms with E-state index in [0.29, 0.717) is 44.7 Å². The molecule has 1 aromatic heterocycles. The molecule has 2 saturated heterocycles. The maximum atomic E-state index is 13.0. The molecule has 2 N–H and O–H groups in total. The van der Waals surface area contributed by atoms with Gasteiger partial charge in [-0.1, -0.05) is 12.1 Å². The van der Waals surface area contributed by atoms with Crippen LogP contribution in [-0.4, -0.2) is 61.4 Å². The van der Waals surface area contributed by atoms with Crippen LogP contribution in [0.3, 0.4) is 0 Å². The highest BCUT2D eigenvalue weighted by atomic mass is 32.2. The van der Waals surface area contributed by atoms with E-state index in [9.17, 15) is 13.2 Å². The van der Waals surface area contributed by atoms with Gasteiger partial charge in [0.25, 0.3) is 0 Å². The standard InChI is InChI=1S/C17H28N4O4S/c1-12-15(13(2)25-19-12)26(23,24)21-7-4-5-14(9-21)16(22)20-8-6-17(3,10-18)11-20/h14H,4-11,18H2,1-3H3. The van der Waals surface area contributed by atoms with Crippen molar-refractivity contribution >= 4 is 15.9 Å². The van der Waals surface area contributed by atoms with Crippen LogP contribution in [0.5, 0.6) is 0 Å². The smallest absolute Gasteiger partial charge is 0.248 e. The minimum Gasteiger partial charge on any atom is -0.360 e. The molecule has 0 aromatic carbocycles. The van der Waals surface area contributed by atoms with Crippen LogP contribution in [0.4, 0.5) is 0 Å². The van der Waals surface area contributed by atoms with E-state index in [0.717, 1.165) is 6.42 Å². The Hall–Kier alpha value is -1.45. The molecule has 0 radical (unpaired) electrons. The number of aryl methyl sites for hydroxylation is 2. The van der Waals surface area contributed by atoms with Crippen LogP contribution in [0.15, 0.2) is 9.42 Å². The second-order valence-corrected chi connectivity index (χ2v) is 9.75. The quantitative estimate of drug-likeness (QED) is 0.825. The number of nitrogens with two attached hydrogens (primary N) is 1. The summed E-state index contributed by atoms with van der Waals surface area (Å²) in [7, 11) is -3.71. The van der Waals surface area contributed by atoms with Crippen molar-refractivity contribution in [3.05, 3.63) is 11.5 Å². The highest BCUT2D eigenvalue weighted by Gasteiger charge is 2.41. The zero-order valence-corrected chi connectivity index (χ0v) is 16.5. The second-order valence-electron chi connectivity index (χ2n) is 7.88. The van der Waals surface area contributed by atoms with Crippen molar-refractivity contribution in [3.63, 3.8) is 0 Å². The van der Waals surface area contributed by atoms with Crippen LogP contribution >= 0.6 is 0 Å². The first-order valence-corrected chi connectivity index (χ1v) is 10.5. The molecule has 0 saturated carbocycles. The molecule has 0 aliphatic carbocycles. The Bertz CT molecular complexity index is 771. The lowest BCUT2D eigenvalue weighted by atomic mass is 9.90. The first kappa shape index (κ1) is 19.3. The fourth-order valence-corrected chi connectivity index (χ4v) is 5.79. The Labute approximate surface area is 154 Å². The highest BCUT2D eigenvalue weighted by Crippen LogP contribution is 2.32. The molecule has 26 heavy (non-hydrogen) atoms. The van der Waals surface area contributed by atoms with E-state index in [1.807, 2.05) is 4.90 Å². The second kappa shape index (κ2) is 6.94. The summed E-state index contributed by atoms with van der Waals surface area (Å²) in [5.74, 6) is 0.0224. The molecule has 2 aliphatic rings. The first-order chi connectivity index (χ1) is 12.2. The molecule has 8 nitrogen and oxygen atoms in total. The minimum atomic E-state index is -3.71. The first-order valence-electron chi connectivity index (χ1n) is 9.10. The molecule has 1 amide bonds. The topological polar surface area (TPSA) is 110 Å². The van der Waals surface area contributed by atoms with Crippen molar-refractivity contribution < 1.29 is 17.7 Å². The number of carbonyl (C=O) groups excluding carboxylic acids is 1. The lowest BCUT2D eigenvalue weighted by Crippen LogP contribution is -2.47. The van der Waals surface area contributed by atoms with E-state index in [2.05, 4.69) is 12.1 Å². The Morgan fingerprint density at radius 2 is 2.12 bits per heavy atom. The van der Waals surface area contributed by atoms with Gasteiger partial charge in [0, 0.05) is 26.2 Å². The number of amides is 1. The van der Waals surface area contributed by atoms with Gasteiger partial charge in [-0.15, -0.1) is 0 Å². The monoisotopic (exact) mass is 384 g/mol. The Morgan fingerprint density at radius 1 is 1.38 bits per heavy atom. The summed E-state index contributed by atoms with van der Waals surface area (Å²) in [6, 6.07) is 0. The summed E-state index contributed by atoms with van der Waals surface area (Å²) in [6.45, 7) is 7.82. The maximum absolute atomic E-state index is 13.0. The van der Waals surface area contributed by atoms with E-state index in [4.69, 9.17) is 10.3 Å². The SMILES string of the molecule is Cc1noc(C)c1S(=O)(=O)N1CCCC(C(=O)N2CCC(C)(CN)C2)C1. The zero-order valence-electron chi connectivity index (χ0n) is 15.7. The molecule has 1 aromatic rings. The molecule has 3 heterocycles. The molecule has 2 fully saturated rings. The molecule has 9 heteroatoms. The summed E-state index contributed by atoms with van der Waals surface area (Å²) in [6.07, 6.45) is 2.27. The minimum absolute atomic E-state index is 0.0349. The van der Waals surface area contributed by atoms with Crippen molar-refractivity contribution in [2.24, 2.45) is 17.1 Å². The van der Waals surface area contributed by atoms with Gasteiger partial charge in [0.15, 0.2) is 5.76 Å². The number of carbonyl (C=O) groups is 1. The lowest BCUT2D eigenvalue weighted by Gasteiger charge is -2.33. The number of hydrogen-bond donors (Lipinski definition) is 1. The number of nitrogens with zero attached hydrogens (tertiary/aromatic N) is 3. The lowest BCUT2D eigenvalue weighted by molar-refractivity contribution is -0.136. The fourth-order valence-electron chi connectivity index (χ4n) is 3.97. The van der Waals surface area contributed by atoms with Crippen LogP contribution in [0.1, 0.15) is 37.6 Å². The number of hydrogen-bond acceptors (Lipinski definition) is 6. The number of likely N-dealkylation sites (tertiary alicyclic amines) is 1. The van der Waals surface area contributed by atoms with Gasteiger partial charge in [-0.3, -0.25) is 4.79 Å². The Kier molecular flexibility index (Phi) is 5.15. The van der Waals surface area contributed by atoms with Crippen LogP contribution in [0, 0.1) is 25.2 Å². The molecule has 2 aliphatic heterocycles. The molecule has 0 spiro atoms. The van der Waals surface area contributed by atoms with E-state index in [1.165, 1.54) is 4.31 Å². The van der Waals surface area contributed by atoms with Crippen molar-refractivity contribution in [3.8, 4) is 0 Å². The molecule has 146 valence electrons. The molecular weight excluding hydrogens is 356 g/mol. The molecule has 2 atom stereocenters. The van der Waals surface area contributed by atoms with E-state index in [1.54, 1.807) is 13.8 Å². The normalized spacial score (nSPS) is 27.8. The summed E-state index contributed by atoms with van der Waals surface area (Å²) < 4.78 is 32.5. The number of sulfonamides is 1. The highest BCUT2D eigenvalue weighted by molar-refractivity contribution is 7.89. The Balaban J connectivity index is 1.75. The summed E-state index contributed by atoms with van der Waals surface area (Å²) in [5.41, 5.74) is 6.15. The molecular formula is C17H28N4O4S. The van der Waals surface area contributed by atoms with E-state index >= 15 is 0 Å². The van der Waals surface area contributed by atoms with Gasteiger partial charge in [0.1, 0.15) is 10.6 Å². The maximum Gasteiger partial charge on any atom is 0.248 e. The average Bonchev–Trinajstić information content (AvgIpc) is 3.18. The summed E-state index contributed by atoms with van der Waals surface area (Å²) in [4.78, 5) is 14.9. The van der Waals surface area contributed by atoms with Crippen LogP contribution in [0.2, 0.25) is 0 Å². The van der Waals surface area contributed by atoms with Crippen molar-refractivity contribution in [1.29, 1.82) is 0 Å². The van der Waals surface area contributed by atoms with Crippen molar-refractivity contribution in [1.82, 2.24) is 14.4 Å². The summed E-state index contributed by atoms with van der Waals surface area (Å²) in [5, 5.41) is 3.75. The zero-order chi connectivity index (χ0) is 19.1. The number of piperidine rings is 1. The predicted octanol–water partition coefficient (Wildman–Crippen LogP) is 0.889. The molecule has 0 bridgehead atoms. The molecule has 2 unspecified atom stereocenters. The predicted molar refractivity (Wildman–Crippen MR) is 95.8 cm³/mol. The van der Waals surface area contributed by atoms with Gasteiger partial charge in [0.2, 0.25) is 15.9 Å². The number of aromatic nitrogens is 1. The van der Waals surface area contributed by atoms with E-state index < -0.39 is 10.0 Å². The van der Waals surface area contributed by atoms with Crippen LogP contribution < -0.4 is 5.73 Å². The molecule has 3 rings (SSSR count). The van der Waals surface area contributed by atoms with E-state index in [-0.39, 0.29) is 34.4 Å². The van der Waals surface area contributed by atoms with Crippen LogP contribution in [-0.2, 0) is 14.8 Å². The van der Waals surface area contributed by atoms with Crippen LogP contribution in [0.25, 0.3) is 0 Å². The third kappa shape index (κ3) is 3.39. The van der Waals surface area contributed by atoms with Gasteiger partial charge >= 0.3 is 0 Å². The van der Waals surface area contributed by atoms with Gasteiger partial charge in [-0.2, -0.15) is 4.31 Å². The van der Waals surface area contributed by atoms with Gasteiger partial charge in [-0.05, 0) is 45.1 Å². The number of rotatable bonds is 4. The van der Waals surface area contributed by atoms with Gasteiger partial charge in [0.05, 0.1) is 5.92 Å². The fraction of sp³-hybridized carbons (Fsp3) is 0.765. The van der Waals surface area contributed by atoms with Gasteiger partial charge < -0.3 is 15.2 Å². The Morgan fingerprint density at radius 3 is 2.69 bits per heavy atom. The summed E-state index contributed by atoms with van der Waals surface area (Å²) >= 11 is 0. The third-order valence-corrected chi connectivity index (χ3v) is 7.77. The van der Waals surface area contributed by atoms with Crippen molar-refractivity contribution in [2.75, 3.05) is 32.7 Å². The van der Waals surface area contributed by atoms with Crippen molar-refractivity contribution in [2.45, 2.75) is 44.9 Å². The largest absolute Gasteiger partial charge is 0.360 e.